The van der Waals surface area contributed by atoms with Gasteiger partial charge in [-0.05, 0) is 43.7 Å². The van der Waals surface area contributed by atoms with E-state index >= 15 is 0 Å². The van der Waals surface area contributed by atoms with Crippen LogP contribution in [0.3, 0.4) is 0 Å². The van der Waals surface area contributed by atoms with E-state index < -0.39 is 17.7 Å². The number of fused-ring (bicyclic) bond motifs is 1. The van der Waals surface area contributed by atoms with E-state index in [2.05, 4.69) is 10.6 Å². The number of hydrogen-bond acceptors (Lipinski definition) is 5. The van der Waals surface area contributed by atoms with E-state index in [1.165, 1.54) is 0 Å². The molecule has 0 saturated heterocycles. The number of carbonyl (C=O) groups excluding carboxylic acids is 3. The number of ketones is 1. The molecule has 7 nitrogen and oxygen atoms in total. The summed E-state index contributed by atoms with van der Waals surface area (Å²) in [5.41, 5.74) is 1.20. The number of ether oxygens (including phenoxy) is 2. The SMILES string of the molecule is O=C(NC1CCCC1)C(=O)C1CCCCOCCOCc2ccccc2C(=O)N1. The number of nitrogens with one attached hydrogen (secondary N) is 2. The van der Waals surface area contributed by atoms with Gasteiger partial charge in [-0.15, -0.1) is 0 Å². The fourth-order valence-corrected chi connectivity index (χ4v) is 3.81. The van der Waals surface area contributed by atoms with Gasteiger partial charge in [0.15, 0.2) is 0 Å². The van der Waals surface area contributed by atoms with Crippen LogP contribution in [0.15, 0.2) is 24.3 Å². The van der Waals surface area contributed by atoms with Crippen LogP contribution >= 0.6 is 0 Å². The van der Waals surface area contributed by atoms with Crippen molar-refractivity contribution in [3.8, 4) is 0 Å². The minimum atomic E-state index is -0.846. The van der Waals surface area contributed by atoms with Gasteiger partial charge in [0.25, 0.3) is 11.8 Å². The molecule has 7 heteroatoms. The maximum absolute atomic E-state index is 12.9. The van der Waals surface area contributed by atoms with Crippen molar-refractivity contribution in [1.82, 2.24) is 10.6 Å². The van der Waals surface area contributed by atoms with E-state index in [9.17, 15) is 14.4 Å². The minimum Gasteiger partial charge on any atom is -0.379 e. The van der Waals surface area contributed by atoms with Gasteiger partial charge in [-0.3, -0.25) is 14.4 Å². The van der Waals surface area contributed by atoms with Crippen molar-refractivity contribution in [2.45, 2.75) is 63.6 Å². The van der Waals surface area contributed by atoms with Gasteiger partial charge in [0.2, 0.25) is 5.78 Å². The lowest BCUT2D eigenvalue weighted by Gasteiger charge is -2.20. The molecule has 1 aliphatic heterocycles. The fraction of sp³-hybridized carbons (Fsp3) is 0.591. The van der Waals surface area contributed by atoms with Crippen LogP contribution in [0.25, 0.3) is 0 Å². The van der Waals surface area contributed by atoms with Crippen molar-refractivity contribution < 1.29 is 23.9 Å². The first-order valence-electron chi connectivity index (χ1n) is 10.5. The number of carbonyl (C=O) groups is 3. The zero-order chi connectivity index (χ0) is 20.5. The van der Waals surface area contributed by atoms with Crippen molar-refractivity contribution in [1.29, 1.82) is 0 Å². The van der Waals surface area contributed by atoms with Crippen molar-refractivity contribution in [2.24, 2.45) is 0 Å². The van der Waals surface area contributed by atoms with Crippen LogP contribution < -0.4 is 10.6 Å². The second-order valence-corrected chi connectivity index (χ2v) is 7.66. The van der Waals surface area contributed by atoms with Gasteiger partial charge in [-0.1, -0.05) is 31.0 Å². The molecule has 2 N–H and O–H groups in total. The summed E-state index contributed by atoms with van der Waals surface area (Å²) >= 11 is 0. The third-order valence-electron chi connectivity index (χ3n) is 5.46. The summed E-state index contributed by atoms with van der Waals surface area (Å²) in [5, 5.41) is 5.62. The molecule has 0 aromatic heterocycles. The molecule has 0 bridgehead atoms. The molecule has 0 radical (unpaired) electrons. The number of amides is 2. The molecule has 1 aromatic rings. The van der Waals surface area contributed by atoms with Crippen LogP contribution in [-0.4, -0.2) is 49.5 Å². The number of Topliss-reactive ketones (excluding diaryl/α,β-unsaturated/α-hetero) is 1. The predicted octanol–water partition coefficient (Wildman–Crippen LogP) is 2.13. The van der Waals surface area contributed by atoms with Gasteiger partial charge < -0.3 is 20.1 Å². The maximum atomic E-state index is 12.9. The van der Waals surface area contributed by atoms with Crippen molar-refractivity contribution >= 4 is 17.6 Å². The number of rotatable bonds is 3. The highest BCUT2D eigenvalue weighted by atomic mass is 16.5. The molecule has 2 aliphatic rings. The van der Waals surface area contributed by atoms with Gasteiger partial charge in [0, 0.05) is 18.2 Å². The molecule has 1 fully saturated rings. The molecule has 1 aromatic carbocycles. The van der Waals surface area contributed by atoms with E-state index in [0.29, 0.717) is 38.2 Å². The second-order valence-electron chi connectivity index (χ2n) is 7.66. The molecule has 0 spiro atoms. The molecular formula is C22H30N2O5. The predicted molar refractivity (Wildman–Crippen MR) is 107 cm³/mol. The topological polar surface area (TPSA) is 93.7 Å². The Morgan fingerprint density at radius 2 is 1.66 bits per heavy atom. The fourth-order valence-electron chi connectivity index (χ4n) is 3.81. The third-order valence-corrected chi connectivity index (χ3v) is 5.46. The average Bonchev–Trinajstić information content (AvgIpc) is 3.23. The molecule has 1 unspecified atom stereocenters. The quantitative estimate of drug-likeness (QED) is 0.756. The molecule has 3 rings (SSSR count). The zero-order valence-corrected chi connectivity index (χ0v) is 16.8. The molecule has 29 heavy (non-hydrogen) atoms. The van der Waals surface area contributed by atoms with E-state index in [0.717, 1.165) is 37.7 Å². The highest BCUT2D eigenvalue weighted by molar-refractivity contribution is 6.38. The van der Waals surface area contributed by atoms with Crippen molar-refractivity contribution in [3.05, 3.63) is 35.4 Å². The molecule has 1 heterocycles. The van der Waals surface area contributed by atoms with Crippen LogP contribution in [-0.2, 0) is 25.7 Å². The standard InChI is InChI=1S/C22H30N2O5/c25-20(22(27)23-17-8-2-3-9-17)19-11-5-6-12-28-13-14-29-15-16-7-1-4-10-18(16)21(26)24-19/h1,4,7,10,17,19H,2-3,5-6,8-9,11-15H2,(H,23,27)(H,24,26). The van der Waals surface area contributed by atoms with E-state index in [1.54, 1.807) is 12.1 Å². The Morgan fingerprint density at radius 1 is 0.931 bits per heavy atom. The van der Waals surface area contributed by atoms with Gasteiger partial charge in [0.1, 0.15) is 0 Å². The van der Waals surface area contributed by atoms with Crippen molar-refractivity contribution in [3.63, 3.8) is 0 Å². The summed E-state index contributed by atoms with van der Waals surface area (Å²) in [7, 11) is 0. The van der Waals surface area contributed by atoms with Crippen LogP contribution in [0.4, 0.5) is 0 Å². The highest BCUT2D eigenvalue weighted by Gasteiger charge is 2.29. The summed E-state index contributed by atoms with van der Waals surface area (Å²) in [5.74, 6) is -1.53. The number of hydrogen-bond donors (Lipinski definition) is 2. The molecule has 2 amide bonds. The first-order chi connectivity index (χ1) is 14.1. The summed E-state index contributed by atoms with van der Waals surface area (Å²) in [6.07, 6.45) is 5.78. The average molecular weight is 402 g/mol. The monoisotopic (exact) mass is 402 g/mol. The van der Waals surface area contributed by atoms with E-state index in [-0.39, 0.29) is 18.6 Å². The Hall–Kier alpha value is -2.25. The molecular weight excluding hydrogens is 372 g/mol. The lowest BCUT2D eigenvalue weighted by Crippen LogP contribution is -2.49. The molecule has 158 valence electrons. The van der Waals surface area contributed by atoms with E-state index in [1.807, 2.05) is 12.1 Å². The van der Waals surface area contributed by atoms with Gasteiger partial charge in [-0.2, -0.15) is 0 Å². The third kappa shape index (κ3) is 6.37. The smallest absolute Gasteiger partial charge is 0.289 e. The van der Waals surface area contributed by atoms with Crippen molar-refractivity contribution in [2.75, 3.05) is 19.8 Å². The minimum absolute atomic E-state index is 0.0620. The Balaban J connectivity index is 1.72. The Labute approximate surface area is 171 Å². The Kier molecular flexibility index (Phi) is 8.19. The largest absolute Gasteiger partial charge is 0.379 e. The second kappa shape index (κ2) is 11.1. The van der Waals surface area contributed by atoms with Crippen LogP contribution in [0.1, 0.15) is 60.9 Å². The summed E-state index contributed by atoms with van der Waals surface area (Å²) in [6, 6.07) is 6.36. The normalized spacial score (nSPS) is 22.2. The summed E-state index contributed by atoms with van der Waals surface area (Å²) in [4.78, 5) is 38.2. The Bertz CT molecular complexity index is 715. The lowest BCUT2D eigenvalue weighted by molar-refractivity contribution is -0.139. The van der Waals surface area contributed by atoms with Gasteiger partial charge >= 0.3 is 0 Å². The molecule has 1 saturated carbocycles. The molecule has 1 atom stereocenters. The van der Waals surface area contributed by atoms with Crippen LogP contribution in [0.2, 0.25) is 0 Å². The molecule has 1 aliphatic carbocycles. The maximum Gasteiger partial charge on any atom is 0.289 e. The van der Waals surface area contributed by atoms with Crippen LogP contribution in [0.5, 0.6) is 0 Å². The first kappa shape index (κ1) is 21.5. The summed E-state index contributed by atoms with van der Waals surface area (Å²) < 4.78 is 11.1. The van der Waals surface area contributed by atoms with E-state index in [4.69, 9.17) is 9.47 Å². The van der Waals surface area contributed by atoms with Crippen LogP contribution in [0, 0.1) is 0 Å². The van der Waals surface area contributed by atoms with Gasteiger partial charge in [-0.25, -0.2) is 0 Å². The lowest BCUT2D eigenvalue weighted by atomic mass is 10.0. The first-order valence-corrected chi connectivity index (χ1v) is 10.5. The Morgan fingerprint density at radius 3 is 2.48 bits per heavy atom. The zero-order valence-electron chi connectivity index (χ0n) is 16.8. The van der Waals surface area contributed by atoms with Gasteiger partial charge in [0.05, 0.1) is 25.9 Å². The highest BCUT2D eigenvalue weighted by Crippen LogP contribution is 2.18. The summed E-state index contributed by atoms with van der Waals surface area (Å²) in [6.45, 7) is 1.79. The number of benzene rings is 1.